The second-order valence-corrected chi connectivity index (χ2v) is 3.92. The molecule has 14 heavy (non-hydrogen) atoms. The molecule has 3 nitrogen and oxygen atoms in total. The summed E-state index contributed by atoms with van der Waals surface area (Å²) in [7, 11) is 0. The minimum absolute atomic E-state index is 0.0857. The molecule has 0 bridgehead atoms. The van der Waals surface area contributed by atoms with Gasteiger partial charge in [0.05, 0.1) is 0 Å². The van der Waals surface area contributed by atoms with Crippen LogP contribution < -0.4 is 5.73 Å². The summed E-state index contributed by atoms with van der Waals surface area (Å²) >= 11 is 5.86. The lowest BCUT2D eigenvalue weighted by molar-refractivity contribution is 0.398. The lowest BCUT2D eigenvalue weighted by Gasteiger charge is -2.13. The molecule has 4 N–H and O–H groups in total. The highest BCUT2D eigenvalue weighted by atomic mass is 35.5. The summed E-state index contributed by atoms with van der Waals surface area (Å²) in [6.45, 7) is 3.62. The number of phenols is 2. The third kappa shape index (κ3) is 2.11. The van der Waals surface area contributed by atoms with E-state index >= 15 is 0 Å². The van der Waals surface area contributed by atoms with Gasteiger partial charge in [-0.2, -0.15) is 0 Å². The van der Waals surface area contributed by atoms with Crippen LogP contribution in [0.25, 0.3) is 0 Å². The molecule has 0 saturated carbocycles. The van der Waals surface area contributed by atoms with Crippen LogP contribution in [0.4, 0.5) is 0 Å². The largest absolute Gasteiger partial charge is 0.504 e. The van der Waals surface area contributed by atoms with Gasteiger partial charge in [0.25, 0.3) is 0 Å². The summed E-state index contributed by atoms with van der Waals surface area (Å²) in [6.07, 6.45) is 0.492. The molecule has 1 rings (SSSR count). The van der Waals surface area contributed by atoms with Crippen LogP contribution in [0.15, 0.2) is 6.07 Å². The van der Waals surface area contributed by atoms with Crippen LogP contribution in [0.3, 0.4) is 0 Å². The van der Waals surface area contributed by atoms with Gasteiger partial charge >= 0.3 is 0 Å². The average molecular weight is 216 g/mol. The van der Waals surface area contributed by atoms with Crippen molar-refractivity contribution >= 4 is 11.6 Å². The van der Waals surface area contributed by atoms with E-state index in [1.807, 2.05) is 6.92 Å². The van der Waals surface area contributed by atoms with E-state index in [0.29, 0.717) is 17.0 Å². The Bertz CT molecular complexity index is 324. The van der Waals surface area contributed by atoms with Gasteiger partial charge in [0.2, 0.25) is 0 Å². The SMILES string of the molecule is Cc1c(Cl)cc(O)c(O)c1CC(C)N. The molecule has 0 amide bonds. The molecule has 1 aromatic carbocycles. The Kier molecular flexibility index (Phi) is 3.24. The molecule has 0 fully saturated rings. The van der Waals surface area contributed by atoms with Crippen molar-refractivity contribution in [3.05, 3.63) is 22.2 Å². The van der Waals surface area contributed by atoms with Crippen LogP contribution in [0.2, 0.25) is 5.02 Å². The molecular formula is C10H14ClNO2. The summed E-state index contributed by atoms with van der Waals surface area (Å²) < 4.78 is 0. The van der Waals surface area contributed by atoms with Crippen molar-refractivity contribution < 1.29 is 10.2 Å². The lowest BCUT2D eigenvalue weighted by Crippen LogP contribution is -2.18. The van der Waals surface area contributed by atoms with E-state index in [1.54, 1.807) is 6.92 Å². The Morgan fingerprint density at radius 1 is 1.50 bits per heavy atom. The van der Waals surface area contributed by atoms with Crippen molar-refractivity contribution in [3.8, 4) is 11.5 Å². The van der Waals surface area contributed by atoms with Gasteiger partial charge in [-0.1, -0.05) is 11.6 Å². The van der Waals surface area contributed by atoms with Crippen LogP contribution in [0, 0.1) is 6.92 Å². The number of halogens is 1. The fourth-order valence-corrected chi connectivity index (χ4v) is 1.56. The Balaban J connectivity index is 3.25. The van der Waals surface area contributed by atoms with Gasteiger partial charge in [0.15, 0.2) is 11.5 Å². The first-order chi connectivity index (χ1) is 6.43. The number of hydrogen-bond donors (Lipinski definition) is 3. The molecule has 0 radical (unpaired) electrons. The third-order valence-corrected chi connectivity index (χ3v) is 2.52. The Hall–Kier alpha value is -0.930. The standard InChI is InChI=1S/C10H14ClNO2/c1-5(12)3-7-6(2)8(11)4-9(13)10(7)14/h4-5,13-14H,3,12H2,1-2H3. The highest BCUT2D eigenvalue weighted by Gasteiger charge is 2.14. The quantitative estimate of drug-likeness (QED) is 0.661. The third-order valence-electron chi connectivity index (χ3n) is 2.13. The van der Waals surface area contributed by atoms with Gasteiger partial charge in [0, 0.05) is 22.7 Å². The van der Waals surface area contributed by atoms with E-state index in [0.717, 1.165) is 5.56 Å². The lowest BCUT2D eigenvalue weighted by atomic mass is 10.0. The summed E-state index contributed by atoms with van der Waals surface area (Å²) in [5, 5.41) is 19.4. The van der Waals surface area contributed by atoms with Crippen molar-refractivity contribution in [2.24, 2.45) is 5.73 Å². The molecule has 1 aromatic rings. The fourth-order valence-electron chi connectivity index (χ4n) is 1.34. The number of hydrogen-bond acceptors (Lipinski definition) is 3. The van der Waals surface area contributed by atoms with E-state index < -0.39 is 0 Å². The van der Waals surface area contributed by atoms with E-state index in [1.165, 1.54) is 6.07 Å². The minimum atomic E-state index is -0.198. The minimum Gasteiger partial charge on any atom is -0.504 e. The Labute approximate surface area is 88.1 Å². The molecule has 0 aliphatic heterocycles. The predicted octanol–water partition coefficient (Wildman–Crippen LogP) is 1.95. The van der Waals surface area contributed by atoms with Gasteiger partial charge in [-0.15, -0.1) is 0 Å². The molecule has 78 valence electrons. The highest BCUT2D eigenvalue weighted by Crippen LogP contribution is 2.36. The zero-order chi connectivity index (χ0) is 10.9. The van der Waals surface area contributed by atoms with Gasteiger partial charge in [0.1, 0.15) is 0 Å². The van der Waals surface area contributed by atoms with Gasteiger partial charge in [-0.3, -0.25) is 0 Å². The summed E-state index contributed by atoms with van der Waals surface area (Å²) in [5.41, 5.74) is 7.01. The summed E-state index contributed by atoms with van der Waals surface area (Å²) in [6, 6.07) is 1.24. The van der Waals surface area contributed by atoms with Crippen molar-refractivity contribution in [1.82, 2.24) is 0 Å². The number of benzene rings is 1. The fraction of sp³-hybridized carbons (Fsp3) is 0.400. The molecule has 0 spiro atoms. The average Bonchev–Trinajstić information content (AvgIpc) is 2.09. The molecule has 1 unspecified atom stereocenters. The molecule has 4 heteroatoms. The molecule has 0 heterocycles. The summed E-state index contributed by atoms with van der Waals surface area (Å²) in [4.78, 5) is 0. The van der Waals surface area contributed by atoms with Crippen LogP contribution in [-0.2, 0) is 6.42 Å². The molecule has 0 aliphatic rings. The van der Waals surface area contributed by atoms with Crippen LogP contribution >= 0.6 is 11.6 Å². The molecule has 0 aliphatic carbocycles. The number of phenolic OH excluding ortho intramolecular Hbond substituents is 2. The molecule has 0 aromatic heterocycles. The monoisotopic (exact) mass is 215 g/mol. The number of nitrogens with two attached hydrogens (primary N) is 1. The van der Waals surface area contributed by atoms with Crippen molar-refractivity contribution in [2.75, 3.05) is 0 Å². The van der Waals surface area contributed by atoms with E-state index in [9.17, 15) is 10.2 Å². The second-order valence-electron chi connectivity index (χ2n) is 3.51. The molecule has 1 atom stereocenters. The molecular weight excluding hydrogens is 202 g/mol. The number of aromatic hydroxyl groups is 2. The zero-order valence-electron chi connectivity index (χ0n) is 8.21. The number of rotatable bonds is 2. The maximum Gasteiger partial charge on any atom is 0.161 e. The predicted molar refractivity (Wildman–Crippen MR) is 56.9 cm³/mol. The highest BCUT2D eigenvalue weighted by molar-refractivity contribution is 6.31. The van der Waals surface area contributed by atoms with E-state index in [-0.39, 0.29) is 17.5 Å². The van der Waals surface area contributed by atoms with Crippen molar-refractivity contribution in [1.29, 1.82) is 0 Å². The first-order valence-electron chi connectivity index (χ1n) is 4.39. The first-order valence-corrected chi connectivity index (χ1v) is 4.76. The van der Waals surface area contributed by atoms with E-state index in [4.69, 9.17) is 17.3 Å². The maximum absolute atomic E-state index is 9.59. The zero-order valence-corrected chi connectivity index (χ0v) is 8.97. The van der Waals surface area contributed by atoms with Gasteiger partial charge in [-0.25, -0.2) is 0 Å². The van der Waals surface area contributed by atoms with Crippen LogP contribution in [0.5, 0.6) is 11.5 Å². The smallest absolute Gasteiger partial charge is 0.161 e. The summed E-state index contributed by atoms with van der Waals surface area (Å²) in [5.74, 6) is -0.319. The first kappa shape index (κ1) is 11.1. The van der Waals surface area contributed by atoms with E-state index in [2.05, 4.69) is 0 Å². The maximum atomic E-state index is 9.59. The van der Waals surface area contributed by atoms with Gasteiger partial charge in [-0.05, 0) is 25.8 Å². The van der Waals surface area contributed by atoms with Crippen molar-refractivity contribution in [2.45, 2.75) is 26.3 Å². The second kappa shape index (κ2) is 4.07. The topological polar surface area (TPSA) is 66.5 Å². The van der Waals surface area contributed by atoms with Gasteiger partial charge < -0.3 is 15.9 Å². The molecule has 0 saturated heterocycles. The Morgan fingerprint density at radius 2 is 2.07 bits per heavy atom. The van der Waals surface area contributed by atoms with Crippen LogP contribution in [-0.4, -0.2) is 16.3 Å². The van der Waals surface area contributed by atoms with Crippen molar-refractivity contribution in [3.63, 3.8) is 0 Å². The Morgan fingerprint density at radius 3 is 2.57 bits per heavy atom. The van der Waals surface area contributed by atoms with Crippen LogP contribution in [0.1, 0.15) is 18.1 Å². The normalized spacial score (nSPS) is 12.9.